The van der Waals surface area contributed by atoms with Crippen molar-refractivity contribution >= 4 is 11.7 Å². The van der Waals surface area contributed by atoms with Crippen molar-refractivity contribution in [2.45, 2.75) is 12.6 Å². The molecule has 4 N–H and O–H groups in total. The molecular weight excluding hydrogens is 190 g/mol. The highest BCUT2D eigenvalue weighted by Gasteiger charge is 2.46. The van der Waals surface area contributed by atoms with Crippen molar-refractivity contribution in [1.82, 2.24) is 5.32 Å². The number of hydrogen-bond donors (Lipinski definition) is 4. The topological polar surface area (TPSA) is 107 Å². The van der Waals surface area contributed by atoms with E-state index in [0.29, 0.717) is 0 Å². The fourth-order valence-corrected chi connectivity index (χ4v) is 1.35. The molecule has 1 atom stereocenters. The normalized spacial score (nSPS) is 26.7. The third-order valence-corrected chi connectivity index (χ3v) is 2.20. The van der Waals surface area contributed by atoms with Crippen LogP contribution < -0.4 is 5.32 Å². The molecule has 0 spiro atoms. The Labute approximate surface area is 79.9 Å². The summed E-state index contributed by atoms with van der Waals surface area (Å²) in [5.74, 6) is -1.45. The Balaban J connectivity index is 3.23. The van der Waals surface area contributed by atoms with Gasteiger partial charge in [-0.2, -0.15) is 0 Å². The van der Waals surface area contributed by atoms with Crippen LogP contribution in [0.4, 0.5) is 0 Å². The van der Waals surface area contributed by atoms with Gasteiger partial charge in [0.05, 0.1) is 13.2 Å². The fraction of sp³-hybridized carbons (Fsp3) is 0.500. The first-order valence-corrected chi connectivity index (χ1v) is 3.97. The first-order valence-electron chi connectivity index (χ1n) is 3.97. The average Bonchev–Trinajstić information content (AvgIpc) is 2.37. The van der Waals surface area contributed by atoms with Crippen molar-refractivity contribution in [3.05, 3.63) is 11.1 Å². The number of carbonyl (C=O) groups is 2. The van der Waals surface area contributed by atoms with Gasteiger partial charge in [0.2, 0.25) is 5.72 Å². The standard InChI is InChI=1S/C8H11NO5/c1-4(12)8(14)6(3-11)5(2-10)7(13)9-8/h10-11,14H,2-3H2,1H3,(H,9,13)/t8-/m0/s1. The van der Waals surface area contributed by atoms with Crippen LogP contribution in [-0.2, 0) is 9.59 Å². The lowest BCUT2D eigenvalue weighted by molar-refractivity contribution is -0.138. The number of aliphatic hydroxyl groups is 3. The molecule has 0 aromatic rings. The third kappa shape index (κ3) is 1.33. The number of rotatable bonds is 3. The van der Waals surface area contributed by atoms with Gasteiger partial charge in [-0.05, 0) is 6.92 Å². The molecule has 6 nitrogen and oxygen atoms in total. The van der Waals surface area contributed by atoms with Gasteiger partial charge < -0.3 is 20.6 Å². The maximum Gasteiger partial charge on any atom is 0.252 e. The van der Waals surface area contributed by atoms with Crippen molar-refractivity contribution < 1.29 is 24.9 Å². The van der Waals surface area contributed by atoms with Crippen molar-refractivity contribution in [3.8, 4) is 0 Å². The van der Waals surface area contributed by atoms with E-state index in [-0.39, 0.29) is 11.1 Å². The Kier molecular flexibility index (Phi) is 2.70. The van der Waals surface area contributed by atoms with Gasteiger partial charge in [-0.1, -0.05) is 0 Å². The van der Waals surface area contributed by atoms with Crippen LogP contribution in [-0.4, -0.2) is 45.9 Å². The summed E-state index contributed by atoms with van der Waals surface area (Å²) < 4.78 is 0. The summed E-state index contributed by atoms with van der Waals surface area (Å²) >= 11 is 0. The van der Waals surface area contributed by atoms with Gasteiger partial charge >= 0.3 is 0 Å². The van der Waals surface area contributed by atoms with E-state index in [1.807, 2.05) is 5.32 Å². The minimum Gasteiger partial charge on any atom is -0.392 e. The molecule has 14 heavy (non-hydrogen) atoms. The summed E-state index contributed by atoms with van der Waals surface area (Å²) in [7, 11) is 0. The summed E-state index contributed by atoms with van der Waals surface area (Å²) in [5.41, 5.74) is -2.51. The molecule has 1 heterocycles. The van der Waals surface area contributed by atoms with Crippen LogP contribution in [0.5, 0.6) is 0 Å². The molecule has 0 radical (unpaired) electrons. The van der Waals surface area contributed by atoms with Gasteiger partial charge in [-0.25, -0.2) is 0 Å². The molecule has 1 rings (SSSR count). The SMILES string of the molecule is CC(=O)[C@@]1(O)NC(=O)C(CO)=C1CO. The summed E-state index contributed by atoms with van der Waals surface area (Å²) in [6.07, 6.45) is 0. The predicted octanol–water partition coefficient (Wildman–Crippen LogP) is -2.32. The molecule has 1 aliphatic rings. The molecule has 0 unspecified atom stereocenters. The second kappa shape index (κ2) is 3.49. The predicted molar refractivity (Wildman–Crippen MR) is 45.0 cm³/mol. The van der Waals surface area contributed by atoms with E-state index in [2.05, 4.69) is 0 Å². The van der Waals surface area contributed by atoms with Crippen LogP contribution in [0.2, 0.25) is 0 Å². The van der Waals surface area contributed by atoms with Gasteiger partial charge in [0, 0.05) is 11.1 Å². The number of nitrogens with one attached hydrogen (secondary N) is 1. The second-order valence-electron chi connectivity index (χ2n) is 2.99. The van der Waals surface area contributed by atoms with E-state index in [4.69, 9.17) is 10.2 Å². The van der Waals surface area contributed by atoms with Crippen LogP contribution in [0.1, 0.15) is 6.92 Å². The zero-order valence-corrected chi connectivity index (χ0v) is 7.57. The summed E-state index contributed by atoms with van der Waals surface area (Å²) in [6.45, 7) is -0.210. The first kappa shape index (κ1) is 10.8. The monoisotopic (exact) mass is 201 g/mol. The molecule has 0 fully saturated rings. The van der Waals surface area contributed by atoms with Crippen LogP contribution in [0, 0.1) is 0 Å². The molecule has 6 heteroatoms. The molecule has 0 aliphatic carbocycles. The first-order chi connectivity index (χ1) is 6.47. The molecule has 78 valence electrons. The zero-order valence-electron chi connectivity index (χ0n) is 7.57. The lowest BCUT2D eigenvalue weighted by atomic mass is 9.99. The molecule has 0 saturated carbocycles. The second-order valence-corrected chi connectivity index (χ2v) is 2.99. The minimum atomic E-state index is -2.16. The van der Waals surface area contributed by atoms with Crippen LogP contribution in [0.3, 0.4) is 0 Å². The minimum absolute atomic E-state index is 0.162. The Hall–Kier alpha value is -1.24. The van der Waals surface area contributed by atoms with E-state index in [1.54, 1.807) is 0 Å². The highest BCUT2D eigenvalue weighted by molar-refractivity contribution is 6.05. The largest absolute Gasteiger partial charge is 0.392 e. The maximum absolute atomic E-state index is 11.1. The average molecular weight is 201 g/mol. The lowest BCUT2D eigenvalue weighted by Crippen LogP contribution is -2.51. The molecule has 0 bridgehead atoms. The van der Waals surface area contributed by atoms with Crippen molar-refractivity contribution in [2.75, 3.05) is 13.2 Å². The van der Waals surface area contributed by atoms with Crippen molar-refractivity contribution in [1.29, 1.82) is 0 Å². The number of aliphatic hydroxyl groups excluding tert-OH is 2. The summed E-state index contributed by atoms with van der Waals surface area (Å²) in [6, 6.07) is 0. The highest BCUT2D eigenvalue weighted by Crippen LogP contribution is 2.25. The molecular formula is C8H11NO5. The van der Waals surface area contributed by atoms with Gasteiger partial charge in [0.25, 0.3) is 5.91 Å². The van der Waals surface area contributed by atoms with E-state index >= 15 is 0 Å². The number of carbonyl (C=O) groups excluding carboxylic acids is 2. The van der Waals surface area contributed by atoms with Crippen molar-refractivity contribution in [2.24, 2.45) is 0 Å². The summed E-state index contributed by atoms with van der Waals surface area (Å²) in [5, 5.41) is 29.4. The Bertz CT molecular complexity index is 322. The Morgan fingerprint density at radius 3 is 2.36 bits per heavy atom. The smallest absolute Gasteiger partial charge is 0.252 e. The summed E-state index contributed by atoms with van der Waals surface area (Å²) in [4.78, 5) is 22.2. The van der Waals surface area contributed by atoms with Crippen LogP contribution >= 0.6 is 0 Å². The zero-order chi connectivity index (χ0) is 10.9. The van der Waals surface area contributed by atoms with E-state index in [1.165, 1.54) is 0 Å². The fourth-order valence-electron chi connectivity index (χ4n) is 1.35. The van der Waals surface area contributed by atoms with E-state index < -0.39 is 30.6 Å². The van der Waals surface area contributed by atoms with Crippen LogP contribution in [0.15, 0.2) is 11.1 Å². The molecule has 0 saturated heterocycles. The Morgan fingerprint density at radius 2 is 2.00 bits per heavy atom. The maximum atomic E-state index is 11.1. The molecule has 1 amide bonds. The lowest BCUT2D eigenvalue weighted by Gasteiger charge is -2.21. The van der Waals surface area contributed by atoms with Gasteiger partial charge in [-0.15, -0.1) is 0 Å². The number of ketones is 1. The van der Waals surface area contributed by atoms with Crippen LogP contribution in [0.25, 0.3) is 0 Å². The van der Waals surface area contributed by atoms with Gasteiger partial charge in [0.15, 0.2) is 5.78 Å². The van der Waals surface area contributed by atoms with E-state index in [0.717, 1.165) is 6.92 Å². The number of hydrogen-bond acceptors (Lipinski definition) is 5. The number of amides is 1. The quantitative estimate of drug-likeness (QED) is 0.410. The van der Waals surface area contributed by atoms with Gasteiger partial charge in [0.1, 0.15) is 0 Å². The molecule has 1 aliphatic heterocycles. The van der Waals surface area contributed by atoms with Gasteiger partial charge in [-0.3, -0.25) is 9.59 Å². The number of Topliss-reactive ketones (excluding diaryl/α,β-unsaturated/α-hetero) is 1. The third-order valence-electron chi connectivity index (χ3n) is 2.20. The van der Waals surface area contributed by atoms with Crippen molar-refractivity contribution in [3.63, 3.8) is 0 Å². The Morgan fingerprint density at radius 1 is 1.43 bits per heavy atom. The molecule has 0 aromatic heterocycles. The van der Waals surface area contributed by atoms with E-state index in [9.17, 15) is 14.7 Å². The highest BCUT2D eigenvalue weighted by atomic mass is 16.3. The molecule has 0 aromatic carbocycles.